The van der Waals surface area contributed by atoms with E-state index in [9.17, 15) is 4.79 Å². The summed E-state index contributed by atoms with van der Waals surface area (Å²) >= 11 is 1.88. The van der Waals surface area contributed by atoms with Gasteiger partial charge in [0, 0.05) is 30.3 Å². The summed E-state index contributed by atoms with van der Waals surface area (Å²) < 4.78 is 1.79. The van der Waals surface area contributed by atoms with Crippen LogP contribution in [0.1, 0.15) is 11.4 Å². The van der Waals surface area contributed by atoms with Gasteiger partial charge in [-0.1, -0.05) is 0 Å². The van der Waals surface area contributed by atoms with Crippen LogP contribution in [0.4, 0.5) is 10.5 Å². The molecule has 3 heterocycles. The number of hydrogen-bond donors (Lipinski definition) is 1. The molecule has 1 fully saturated rings. The van der Waals surface area contributed by atoms with E-state index in [1.165, 1.54) is 0 Å². The molecule has 7 heteroatoms. The average Bonchev–Trinajstić information content (AvgIpc) is 2.87. The Morgan fingerprint density at radius 1 is 1.27 bits per heavy atom. The van der Waals surface area contributed by atoms with Crippen LogP contribution in [0.3, 0.4) is 0 Å². The number of aryl methyl sites for hydroxylation is 2. The van der Waals surface area contributed by atoms with E-state index >= 15 is 0 Å². The Balaban J connectivity index is 1.69. The van der Waals surface area contributed by atoms with E-state index in [-0.39, 0.29) is 6.03 Å². The van der Waals surface area contributed by atoms with Gasteiger partial charge in [-0.3, -0.25) is 0 Å². The van der Waals surface area contributed by atoms with Crippen molar-refractivity contribution in [2.24, 2.45) is 0 Å². The normalized spacial score (nSPS) is 14.9. The lowest BCUT2D eigenvalue weighted by molar-refractivity contribution is 0.217. The van der Waals surface area contributed by atoms with E-state index in [1.807, 2.05) is 48.7 Å². The molecule has 116 valence electrons. The minimum absolute atomic E-state index is 0.0547. The Kier molecular flexibility index (Phi) is 4.33. The molecule has 22 heavy (non-hydrogen) atoms. The summed E-state index contributed by atoms with van der Waals surface area (Å²) in [5.74, 6) is 2.75. The quantitative estimate of drug-likeness (QED) is 0.924. The third kappa shape index (κ3) is 3.24. The Morgan fingerprint density at radius 2 is 2.05 bits per heavy atom. The number of nitrogens with one attached hydrogen (secondary N) is 1. The van der Waals surface area contributed by atoms with Crippen LogP contribution in [0, 0.1) is 13.8 Å². The maximum absolute atomic E-state index is 12.1. The van der Waals surface area contributed by atoms with Crippen LogP contribution in [-0.2, 0) is 0 Å². The summed E-state index contributed by atoms with van der Waals surface area (Å²) in [6.07, 6.45) is 1.67. The molecule has 0 aromatic carbocycles. The van der Waals surface area contributed by atoms with Gasteiger partial charge in [-0.25, -0.2) is 14.5 Å². The number of hydrogen-bond acceptors (Lipinski definition) is 4. The van der Waals surface area contributed by atoms with Crippen molar-refractivity contribution in [1.82, 2.24) is 19.7 Å². The van der Waals surface area contributed by atoms with Crippen molar-refractivity contribution >= 4 is 23.5 Å². The summed E-state index contributed by atoms with van der Waals surface area (Å²) in [6, 6.07) is 5.67. The van der Waals surface area contributed by atoms with Gasteiger partial charge in [-0.2, -0.15) is 16.9 Å². The molecule has 1 aliphatic rings. The number of carbonyl (C=O) groups is 1. The Morgan fingerprint density at radius 3 is 2.64 bits per heavy atom. The molecule has 0 saturated carbocycles. The summed E-state index contributed by atoms with van der Waals surface area (Å²) in [5.41, 5.74) is 2.70. The van der Waals surface area contributed by atoms with Gasteiger partial charge in [0.25, 0.3) is 0 Å². The maximum atomic E-state index is 12.1. The Bertz CT molecular complexity index is 661. The lowest BCUT2D eigenvalue weighted by Gasteiger charge is -2.26. The van der Waals surface area contributed by atoms with Crippen molar-refractivity contribution in [2.45, 2.75) is 13.8 Å². The van der Waals surface area contributed by atoms with E-state index in [0.29, 0.717) is 5.69 Å². The maximum Gasteiger partial charge on any atom is 0.321 e. The molecular weight excluding hydrogens is 298 g/mol. The molecule has 6 nitrogen and oxygen atoms in total. The first kappa shape index (κ1) is 14.9. The SMILES string of the molecule is Cc1cc(C)n(-c2ccc(NC(=O)N3CCSCC3)cn2)n1. The van der Waals surface area contributed by atoms with Gasteiger partial charge < -0.3 is 10.2 Å². The Hall–Kier alpha value is -2.02. The molecular formula is C15H19N5OS. The molecule has 1 N–H and O–H groups in total. The number of aromatic nitrogens is 3. The smallest absolute Gasteiger partial charge is 0.321 e. The van der Waals surface area contributed by atoms with Crippen molar-refractivity contribution in [2.75, 3.05) is 29.9 Å². The monoisotopic (exact) mass is 317 g/mol. The molecule has 1 aliphatic heterocycles. The van der Waals surface area contributed by atoms with Gasteiger partial charge in [0.05, 0.1) is 17.6 Å². The minimum atomic E-state index is -0.0547. The second-order valence-electron chi connectivity index (χ2n) is 5.27. The fraction of sp³-hybridized carbons (Fsp3) is 0.400. The van der Waals surface area contributed by atoms with Gasteiger partial charge in [0.2, 0.25) is 0 Å². The molecule has 0 spiro atoms. The van der Waals surface area contributed by atoms with Gasteiger partial charge in [0.1, 0.15) is 0 Å². The second-order valence-corrected chi connectivity index (χ2v) is 6.50. The fourth-order valence-electron chi connectivity index (χ4n) is 2.42. The van der Waals surface area contributed by atoms with Crippen molar-refractivity contribution in [3.05, 3.63) is 35.8 Å². The molecule has 0 bridgehead atoms. The molecule has 0 unspecified atom stereocenters. The molecule has 2 amide bonds. The number of urea groups is 1. The highest BCUT2D eigenvalue weighted by atomic mass is 32.2. The second kappa shape index (κ2) is 6.39. The number of carbonyl (C=O) groups excluding carboxylic acids is 1. The van der Waals surface area contributed by atoms with Crippen molar-refractivity contribution < 1.29 is 4.79 Å². The van der Waals surface area contributed by atoms with Crippen LogP contribution in [0.2, 0.25) is 0 Å². The van der Waals surface area contributed by atoms with Crippen LogP contribution in [-0.4, -0.2) is 50.3 Å². The molecule has 0 aliphatic carbocycles. The van der Waals surface area contributed by atoms with Crippen LogP contribution >= 0.6 is 11.8 Å². The fourth-order valence-corrected chi connectivity index (χ4v) is 3.32. The number of pyridine rings is 1. The first-order chi connectivity index (χ1) is 10.6. The molecule has 1 saturated heterocycles. The summed E-state index contributed by atoms with van der Waals surface area (Å²) in [4.78, 5) is 18.4. The van der Waals surface area contributed by atoms with E-state index in [0.717, 1.165) is 41.8 Å². The third-order valence-corrected chi connectivity index (χ3v) is 4.47. The molecule has 0 radical (unpaired) electrons. The highest BCUT2D eigenvalue weighted by molar-refractivity contribution is 7.99. The standard InChI is InChI=1S/C15H19N5OS/c1-11-9-12(2)20(18-11)14-4-3-13(10-16-14)17-15(21)19-5-7-22-8-6-19/h3-4,9-10H,5-8H2,1-2H3,(H,17,21). The van der Waals surface area contributed by atoms with Gasteiger partial charge >= 0.3 is 6.03 Å². The molecule has 3 rings (SSSR count). The zero-order chi connectivity index (χ0) is 15.5. The van der Waals surface area contributed by atoms with E-state index in [4.69, 9.17) is 0 Å². The van der Waals surface area contributed by atoms with Crippen LogP contribution < -0.4 is 5.32 Å². The topological polar surface area (TPSA) is 63.1 Å². The molecule has 2 aromatic rings. The van der Waals surface area contributed by atoms with Gasteiger partial charge in [-0.05, 0) is 32.0 Å². The molecule has 2 aromatic heterocycles. The van der Waals surface area contributed by atoms with Crippen LogP contribution in [0.25, 0.3) is 5.82 Å². The predicted octanol–water partition coefficient (Wildman–Crippen LogP) is 2.46. The number of anilines is 1. The summed E-state index contributed by atoms with van der Waals surface area (Å²) in [6.45, 7) is 5.54. The van der Waals surface area contributed by atoms with Crippen molar-refractivity contribution in [3.8, 4) is 5.82 Å². The van der Waals surface area contributed by atoms with Crippen molar-refractivity contribution in [3.63, 3.8) is 0 Å². The first-order valence-electron chi connectivity index (χ1n) is 7.27. The van der Waals surface area contributed by atoms with E-state index < -0.39 is 0 Å². The number of thioether (sulfide) groups is 1. The summed E-state index contributed by atoms with van der Waals surface area (Å²) in [5, 5.41) is 7.30. The first-order valence-corrected chi connectivity index (χ1v) is 8.42. The highest BCUT2D eigenvalue weighted by Crippen LogP contribution is 2.14. The highest BCUT2D eigenvalue weighted by Gasteiger charge is 2.16. The number of amides is 2. The number of nitrogens with zero attached hydrogens (tertiary/aromatic N) is 4. The zero-order valence-corrected chi connectivity index (χ0v) is 13.6. The third-order valence-electron chi connectivity index (χ3n) is 3.52. The van der Waals surface area contributed by atoms with Crippen molar-refractivity contribution in [1.29, 1.82) is 0 Å². The van der Waals surface area contributed by atoms with Crippen LogP contribution in [0.15, 0.2) is 24.4 Å². The van der Waals surface area contributed by atoms with Gasteiger partial charge in [0.15, 0.2) is 5.82 Å². The average molecular weight is 317 g/mol. The Labute approximate surface area is 133 Å². The molecule has 0 atom stereocenters. The van der Waals surface area contributed by atoms with Gasteiger partial charge in [-0.15, -0.1) is 0 Å². The van der Waals surface area contributed by atoms with E-state index in [2.05, 4.69) is 15.4 Å². The largest absolute Gasteiger partial charge is 0.323 e. The van der Waals surface area contributed by atoms with E-state index in [1.54, 1.807) is 10.9 Å². The minimum Gasteiger partial charge on any atom is -0.323 e. The van der Waals surface area contributed by atoms with Crippen LogP contribution in [0.5, 0.6) is 0 Å². The lowest BCUT2D eigenvalue weighted by Crippen LogP contribution is -2.40. The predicted molar refractivity (Wildman–Crippen MR) is 88.7 cm³/mol. The lowest BCUT2D eigenvalue weighted by atomic mass is 10.4. The summed E-state index contributed by atoms with van der Waals surface area (Å²) in [7, 11) is 0. The zero-order valence-electron chi connectivity index (χ0n) is 12.7. The number of rotatable bonds is 2.